The molecule has 2 amide bonds. The molecule has 0 bridgehead atoms. The van der Waals surface area contributed by atoms with E-state index in [9.17, 15) is 22.4 Å². The number of sulfonamides is 1. The number of rotatable bonds is 4. The zero-order valence-corrected chi connectivity index (χ0v) is 16.4. The first-order valence-corrected chi connectivity index (χ1v) is 11.4. The third-order valence-corrected chi connectivity index (χ3v) is 8.25. The summed E-state index contributed by atoms with van der Waals surface area (Å²) in [6, 6.07) is 1.70. The number of thioether (sulfide) groups is 1. The molecular weight excluding hydrogens is 393 g/mol. The summed E-state index contributed by atoms with van der Waals surface area (Å²) in [6.45, 7) is 0. The van der Waals surface area contributed by atoms with Gasteiger partial charge in [0.2, 0.25) is 21.8 Å². The fourth-order valence-electron chi connectivity index (χ4n) is 3.44. The average molecular weight is 413 g/mol. The number of halogens is 1. The SMILES string of the molecule is CN(C(=O)C1CSCN1S(=O)(=O)c1cc2c(cc1F)NC(=O)CC2)C1CC1. The molecule has 146 valence electrons. The van der Waals surface area contributed by atoms with E-state index in [0.717, 1.165) is 23.2 Å². The van der Waals surface area contributed by atoms with Crippen molar-refractivity contribution < 1.29 is 22.4 Å². The summed E-state index contributed by atoms with van der Waals surface area (Å²) in [5, 5.41) is 2.56. The Morgan fingerprint density at radius 2 is 2.07 bits per heavy atom. The fourth-order valence-corrected chi connectivity index (χ4v) is 6.67. The largest absolute Gasteiger partial charge is 0.341 e. The van der Waals surface area contributed by atoms with E-state index >= 15 is 0 Å². The summed E-state index contributed by atoms with van der Waals surface area (Å²) >= 11 is 1.34. The van der Waals surface area contributed by atoms with Crippen LogP contribution in [0, 0.1) is 5.82 Å². The number of carbonyl (C=O) groups excluding carboxylic acids is 2. The first-order chi connectivity index (χ1) is 12.8. The van der Waals surface area contributed by atoms with Crippen molar-refractivity contribution in [2.45, 2.75) is 42.7 Å². The van der Waals surface area contributed by atoms with E-state index in [4.69, 9.17) is 0 Å². The third-order valence-electron chi connectivity index (χ3n) is 5.21. The van der Waals surface area contributed by atoms with Crippen molar-refractivity contribution in [2.75, 3.05) is 24.0 Å². The summed E-state index contributed by atoms with van der Waals surface area (Å²) in [6.07, 6.45) is 2.44. The van der Waals surface area contributed by atoms with Gasteiger partial charge in [0.05, 0.1) is 5.88 Å². The highest BCUT2D eigenvalue weighted by Crippen LogP contribution is 2.35. The summed E-state index contributed by atoms with van der Waals surface area (Å²) in [5.41, 5.74) is 0.888. The van der Waals surface area contributed by atoms with Gasteiger partial charge in [-0.1, -0.05) is 0 Å². The van der Waals surface area contributed by atoms with Crippen LogP contribution in [-0.4, -0.2) is 60.2 Å². The van der Waals surface area contributed by atoms with Crippen LogP contribution >= 0.6 is 11.8 Å². The predicted molar refractivity (Wildman–Crippen MR) is 99.3 cm³/mol. The summed E-state index contributed by atoms with van der Waals surface area (Å²) in [7, 11) is -2.48. The van der Waals surface area contributed by atoms with E-state index in [1.165, 1.54) is 17.8 Å². The van der Waals surface area contributed by atoms with Crippen molar-refractivity contribution in [1.82, 2.24) is 9.21 Å². The summed E-state index contributed by atoms with van der Waals surface area (Å²) < 4.78 is 42.0. The van der Waals surface area contributed by atoms with Gasteiger partial charge in [0.1, 0.15) is 16.8 Å². The Balaban J connectivity index is 1.66. The number of hydrogen-bond donors (Lipinski definition) is 1. The first-order valence-electron chi connectivity index (χ1n) is 8.77. The maximum Gasteiger partial charge on any atom is 0.247 e. The van der Waals surface area contributed by atoms with Crippen LogP contribution in [0.1, 0.15) is 24.8 Å². The molecule has 2 fully saturated rings. The second-order valence-corrected chi connectivity index (χ2v) is 9.93. The normalized spacial score (nSPS) is 23.0. The molecule has 4 rings (SSSR count). The van der Waals surface area contributed by atoms with Gasteiger partial charge in [0, 0.05) is 31.0 Å². The van der Waals surface area contributed by atoms with Crippen LogP contribution in [0.15, 0.2) is 17.0 Å². The number of aryl methyl sites for hydroxylation is 1. The topological polar surface area (TPSA) is 86.8 Å². The minimum absolute atomic E-state index is 0.116. The van der Waals surface area contributed by atoms with Crippen molar-refractivity contribution in [3.8, 4) is 0 Å². The van der Waals surface area contributed by atoms with Crippen LogP contribution in [0.4, 0.5) is 10.1 Å². The quantitative estimate of drug-likeness (QED) is 0.806. The second-order valence-electron chi connectivity index (χ2n) is 7.08. The Bertz CT molecular complexity index is 917. The van der Waals surface area contributed by atoms with Gasteiger partial charge in [-0.05, 0) is 37.0 Å². The van der Waals surface area contributed by atoms with E-state index < -0.39 is 26.8 Å². The Kier molecular flexibility index (Phi) is 4.68. The van der Waals surface area contributed by atoms with Crippen molar-refractivity contribution in [2.24, 2.45) is 0 Å². The van der Waals surface area contributed by atoms with Gasteiger partial charge in [-0.3, -0.25) is 9.59 Å². The smallest absolute Gasteiger partial charge is 0.247 e. The molecule has 27 heavy (non-hydrogen) atoms. The second kappa shape index (κ2) is 6.75. The molecule has 3 aliphatic rings. The molecule has 1 saturated carbocycles. The minimum Gasteiger partial charge on any atom is -0.341 e. The van der Waals surface area contributed by atoms with Gasteiger partial charge >= 0.3 is 0 Å². The van der Waals surface area contributed by atoms with Crippen molar-refractivity contribution >= 4 is 39.3 Å². The van der Waals surface area contributed by atoms with E-state index in [1.54, 1.807) is 11.9 Å². The molecule has 0 radical (unpaired) electrons. The molecule has 1 N–H and O–H groups in total. The first kappa shape index (κ1) is 18.7. The zero-order chi connectivity index (χ0) is 19.3. The lowest BCUT2D eigenvalue weighted by atomic mass is 10.0. The highest BCUT2D eigenvalue weighted by molar-refractivity contribution is 8.00. The van der Waals surface area contributed by atoms with Crippen LogP contribution in [0.2, 0.25) is 0 Å². The maximum absolute atomic E-state index is 14.6. The standard InChI is InChI=1S/C17H20FN3O4S2/c1-20(11-3-4-11)17(23)14-8-26-9-21(14)27(24,25)15-6-10-2-5-16(22)19-13(10)7-12(15)18/h6-7,11,14H,2-5,8-9H2,1H3,(H,19,22). The predicted octanol–water partition coefficient (Wildman–Crippen LogP) is 1.39. The molecule has 7 nitrogen and oxygen atoms in total. The molecule has 0 spiro atoms. The number of fused-ring (bicyclic) bond motifs is 1. The molecule has 2 aliphatic heterocycles. The Morgan fingerprint density at radius 3 is 2.78 bits per heavy atom. The summed E-state index contributed by atoms with van der Waals surface area (Å²) in [5.74, 6) is -0.907. The van der Waals surface area contributed by atoms with Crippen LogP contribution < -0.4 is 5.32 Å². The Labute approximate surface area is 161 Å². The lowest BCUT2D eigenvalue weighted by Gasteiger charge is -2.27. The van der Waals surface area contributed by atoms with Gasteiger partial charge in [-0.25, -0.2) is 12.8 Å². The number of amides is 2. The van der Waals surface area contributed by atoms with Crippen molar-refractivity contribution in [3.05, 3.63) is 23.5 Å². The highest BCUT2D eigenvalue weighted by atomic mass is 32.2. The zero-order valence-electron chi connectivity index (χ0n) is 14.8. The number of nitrogens with one attached hydrogen (secondary N) is 1. The van der Waals surface area contributed by atoms with E-state index in [0.29, 0.717) is 23.4 Å². The van der Waals surface area contributed by atoms with Crippen LogP contribution in [-0.2, 0) is 26.0 Å². The molecule has 1 saturated heterocycles. The van der Waals surface area contributed by atoms with Crippen molar-refractivity contribution in [1.29, 1.82) is 0 Å². The van der Waals surface area contributed by atoms with E-state index in [-0.39, 0.29) is 30.2 Å². The van der Waals surface area contributed by atoms with Gasteiger partial charge in [-0.15, -0.1) is 11.8 Å². The highest BCUT2D eigenvalue weighted by Gasteiger charge is 2.44. The van der Waals surface area contributed by atoms with Crippen LogP contribution in [0.3, 0.4) is 0 Å². The molecule has 1 unspecified atom stereocenters. The molecule has 1 aromatic carbocycles. The average Bonchev–Trinajstić information content (AvgIpc) is 3.35. The fraction of sp³-hybridized carbons (Fsp3) is 0.529. The summed E-state index contributed by atoms with van der Waals surface area (Å²) in [4.78, 5) is 25.4. The molecule has 2 heterocycles. The number of nitrogens with zero attached hydrogens (tertiary/aromatic N) is 2. The van der Waals surface area contributed by atoms with Crippen LogP contribution in [0.25, 0.3) is 0 Å². The lowest BCUT2D eigenvalue weighted by Crippen LogP contribution is -2.48. The number of hydrogen-bond acceptors (Lipinski definition) is 5. The molecule has 1 aromatic rings. The molecular formula is C17H20FN3O4S2. The van der Waals surface area contributed by atoms with Gasteiger partial charge in [0.15, 0.2) is 0 Å². The van der Waals surface area contributed by atoms with E-state index in [1.807, 2.05) is 0 Å². The molecule has 0 aromatic heterocycles. The molecule has 1 aliphatic carbocycles. The number of likely N-dealkylation sites (N-methyl/N-ethyl adjacent to an activating group) is 1. The number of carbonyl (C=O) groups is 2. The van der Waals surface area contributed by atoms with Crippen molar-refractivity contribution in [3.63, 3.8) is 0 Å². The van der Waals surface area contributed by atoms with Gasteiger partial charge in [0.25, 0.3) is 0 Å². The number of anilines is 1. The van der Waals surface area contributed by atoms with Crippen LogP contribution in [0.5, 0.6) is 0 Å². The maximum atomic E-state index is 14.6. The Morgan fingerprint density at radius 1 is 1.33 bits per heavy atom. The van der Waals surface area contributed by atoms with Gasteiger partial charge < -0.3 is 10.2 Å². The Hall–Kier alpha value is -1.65. The lowest BCUT2D eigenvalue weighted by molar-refractivity contribution is -0.133. The molecule has 10 heteroatoms. The minimum atomic E-state index is -4.17. The number of benzene rings is 1. The monoisotopic (exact) mass is 413 g/mol. The third kappa shape index (κ3) is 3.34. The molecule has 1 atom stereocenters. The van der Waals surface area contributed by atoms with E-state index in [2.05, 4.69) is 5.32 Å². The van der Waals surface area contributed by atoms with Gasteiger partial charge in [-0.2, -0.15) is 4.31 Å².